The van der Waals surface area contributed by atoms with Crippen molar-refractivity contribution < 1.29 is 9.59 Å². The summed E-state index contributed by atoms with van der Waals surface area (Å²) < 4.78 is 0. The van der Waals surface area contributed by atoms with Gasteiger partial charge in [-0.1, -0.05) is 36.4 Å². The van der Waals surface area contributed by atoms with Gasteiger partial charge < -0.3 is 10.6 Å². The predicted molar refractivity (Wildman–Crippen MR) is 106 cm³/mol. The molecule has 1 unspecified atom stereocenters. The fourth-order valence-electron chi connectivity index (χ4n) is 3.01. The lowest BCUT2D eigenvalue weighted by Gasteiger charge is -2.19. The zero-order valence-corrected chi connectivity index (χ0v) is 15.8. The molecule has 0 aliphatic carbocycles. The zero-order valence-electron chi connectivity index (χ0n) is 15.8. The van der Waals surface area contributed by atoms with Gasteiger partial charge in [-0.15, -0.1) is 0 Å². The van der Waals surface area contributed by atoms with Crippen molar-refractivity contribution in [3.05, 3.63) is 65.2 Å². The monoisotopic (exact) mass is 364 g/mol. The summed E-state index contributed by atoms with van der Waals surface area (Å²) in [5, 5.41) is 12.2. The van der Waals surface area contributed by atoms with Gasteiger partial charge in [0.1, 0.15) is 5.84 Å². The molecule has 2 amide bonds. The smallest absolute Gasteiger partial charge is 0.256 e. The number of hydrogen-bond acceptors (Lipinski definition) is 4. The van der Waals surface area contributed by atoms with Gasteiger partial charge in [-0.3, -0.25) is 14.6 Å². The molecule has 0 spiro atoms. The van der Waals surface area contributed by atoms with Crippen molar-refractivity contribution in [2.75, 3.05) is 5.32 Å². The molecule has 2 N–H and O–H groups in total. The average Bonchev–Trinajstić information content (AvgIpc) is 2.96. The quantitative estimate of drug-likeness (QED) is 0.874. The molecule has 6 heteroatoms. The number of carbonyl (C=O) groups is 2. The highest BCUT2D eigenvalue weighted by molar-refractivity contribution is 6.07. The number of hydrogen-bond donors (Lipinski definition) is 2. The minimum Gasteiger partial charge on any atom is -0.326 e. The van der Waals surface area contributed by atoms with Crippen molar-refractivity contribution in [3.63, 3.8) is 0 Å². The molecular weight excluding hydrogens is 340 g/mol. The molecule has 0 bridgehead atoms. The number of amides is 2. The van der Waals surface area contributed by atoms with E-state index in [4.69, 9.17) is 0 Å². The lowest BCUT2D eigenvalue weighted by Crippen LogP contribution is -2.30. The molecule has 3 rings (SSSR count). The summed E-state index contributed by atoms with van der Waals surface area (Å²) in [6.07, 6.45) is 0.684. The maximum absolute atomic E-state index is 12.6. The SMILES string of the molecule is CC(=O)Nc1cc(C(=O)NC2=NN(Cc3ccccc3)C(C)C2)ccc1C. The first-order valence-electron chi connectivity index (χ1n) is 9.00. The number of amidine groups is 1. The van der Waals surface area contributed by atoms with Crippen molar-refractivity contribution in [3.8, 4) is 0 Å². The number of rotatable bonds is 4. The number of nitrogens with zero attached hydrogens (tertiary/aromatic N) is 2. The third-order valence-corrected chi connectivity index (χ3v) is 4.50. The Morgan fingerprint density at radius 1 is 1.15 bits per heavy atom. The van der Waals surface area contributed by atoms with E-state index in [1.807, 2.05) is 36.2 Å². The largest absolute Gasteiger partial charge is 0.326 e. The first-order chi connectivity index (χ1) is 12.9. The van der Waals surface area contributed by atoms with Crippen LogP contribution in [0.15, 0.2) is 53.6 Å². The fraction of sp³-hybridized carbons (Fsp3) is 0.286. The number of aryl methyl sites for hydroxylation is 1. The Bertz CT molecular complexity index is 877. The van der Waals surface area contributed by atoms with Crippen LogP contribution in [-0.4, -0.2) is 28.7 Å². The number of nitrogens with one attached hydrogen (secondary N) is 2. The molecule has 140 valence electrons. The van der Waals surface area contributed by atoms with E-state index in [9.17, 15) is 9.59 Å². The highest BCUT2D eigenvalue weighted by atomic mass is 16.2. The molecule has 1 aliphatic rings. The van der Waals surface area contributed by atoms with Crippen molar-refractivity contribution in [2.24, 2.45) is 5.10 Å². The van der Waals surface area contributed by atoms with E-state index in [-0.39, 0.29) is 17.9 Å². The van der Waals surface area contributed by atoms with Crippen molar-refractivity contribution >= 4 is 23.3 Å². The van der Waals surface area contributed by atoms with E-state index in [1.54, 1.807) is 12.1 Å². The Morgan fingerprint density at radius 2 is 1.89 bits per heavy atom. The van der Waals surface area contributed by atoms with Crippen LogP contribution in [0.2, 0.25) is 0 Å². The van der Waals surface area contributed by atoms with Crippen LogP contribution in [0.4, 0.5) is 5.69 Å². The number of carbonyl (C=O) groups excluding carboxylic acids is 2. The Morgan fingerprint density at radius 3 is 2.59 bits per heavy atom. The molecule has 2 aromatic carbocycles. The first kappa shape index (κ1) is 18.6. The number of hydrazone groups is 1. The Kier molecular flexibility index (Phi) is 5.54. The zero-order chi connectivity index (χ0) is 19.4. The van der Waals surface area contributed by atoms with Crippen molar-refractivity contribution in [1.82, 2.24) is 10.3 Å². The second-order valence-electron chi connectivity index (χ2n) is 6.85. The maximum Gasteiger partial charge on any atom is 0.256 e. The molecule has 1 heterocycles. The molecule has 27 heavy (non-hydrogen) atoms. The van der Waals surface area contributed by atoms with Crippen LogP contribution in [-0.2, 0) is 11.3 Å². The molecule has 1 atom stereocenters. The van der Waals surface area contributed by atoms with E-state index in [2.05, 4.69) is 34.8 Å². The van der Waals surface area contributed by atoms with E-state index >= 15 is 0 Å². The molecule has 0 radical (unpaired) electrons. The van der Waals surface area contributed by atoms with Crippen LogP contribution in [0.3, 0.4) is 0 Å². The van der Waals surface area contributed by atoms with Crippen LogP contribution in [0, 0.1) is 6.92 Å². The fourth-order valence-corrected chi connectivity index (χ4v) is 3.01. The molecule has 6 nitrogen and oxygen atoms in total. The second-order valence-corrected chi connectivity index (χ2v) is 6.85. The minimum atomic E-state index is -0.228. The lowest BCUT2D eigenvalue weighted by molar-refractivity contribution is -0.114. The van der Waals surface area contributed by atoms with Crippen LogP contribution in [0.5, 0.6) is 0 Å². The van der Waals surface area contributed by atoms with Gasteiger partial charge in [-0.2, -0.15) is 5.10 Å². The van der Waals surface area contributed by atoms with E-state index in [0.717, 1.165) is 5.56 Å². The lowest BCUT2D eigenvalue weighted by atomic mass is 10.1. The van der Waals surface area contributed by atoms with Crippen LogP contribution >= 0.6 is 0 Å². The van der Waals surface area contributed by atoms with Gasteiger partial charge in [-0.25, -0.2) is 0 Å². The molecular formula is C21H24N4O2. The normalized spacial score (nSPS) is 16.0. The summed E-state index contributed by atoms with van der Waals surface area (Å²) in [6.45, 7) is 6.13. The topological polar surface area (TPSA) is 73.8 Å². The van der Waals surface area contributed by atoms with Gasteiger partial charge in [-0.05, 0) is 37.1 Å². The third kappa shape index (κ3) is 4.73. The van der Waals surface area contributed by atoms with Crippen LogP contribution in [0.1, 0.15) is 41.8 Å². The summed E-state index contributed by atoms with van der Waals surface area (Å²) in [4.78, 5) is 23.9. The van der Waals surface area contributed by atoms with E-state index < -0.39 is 0 Å². The number of anilines is 1. The van der Waals surface area contributed by atoms with Gasteiger partial charge >= 0.3 is 0 Å². The predicted octanol–water partition coefficient (Wildman–Crippen LogP) is 3.29. The van der Waals surface area contributed by atoms with E-state index in [0.29, 0.717) is 30.1 Å². The molecule has 0 aromatic heterocycles. The van der Waals surface area contributed by atoms with Gasteiger partial charge in [0.2, 0.25) is 5.91 Å². The Hall–Kier alpha value is -3.15. The minimum absolute atomic E-state index is 0.166. The Balaban J connectivity index is 1.69. The summed E-state index contributed by atoms with van der Waals surface area (Å²) in [6, 6.07) is 15.6. The van der Waals surface area contributed by atoms with Gasteiger partial charge in [0.25, 0.3) is 5.91 Å². The first-order valence-corrected chi connectivity index (χ1v) is 9.00. The summed E-state index contributed by atoms with van der Waals surface area (Å²) in [7, 11) is 0. The molecule has 1 aliphatic heterocycles. The van der Waals surface area contributed by atoms with Gasteiger partial charge in [0.05, 0.1) is 12.6 Å². The third-order valence-electron chi connectivity index (χ3n) is 4.50. The second kappa shape index (κ2) is 8.03. The van der Waals surface area contributed by atoms with Gasteiger partial charge in [0.15, 0.2) is 0 Å². The summed E-state index contributed by atoms with van der Waals surface area (Å²) >= 11 is 0. The van der Waals surface area contributed by atoms with Crippen LogP contribution < -0.4 is 10.6 Å². The number of benzene rings is 2. The summed E-state index contributed by atoms with van der Waals surface area (Å²) in [5.41, 5.74) is 3.21. The average molecular weight is 364 g/mol. The van der Waals surface area contributed by atoms with Crippen molar-refractivity contribution in [1.29, 1.82) is 0 Å². The van der Waals surface area contributed by atoms with Crippen LogP contribution in [0.25, 0.3) is 0 Å². The molecule has 0 fully saturated rings. The standard InChI is InChI=1S/C21H24N4O2/c1-14-9-10-18(12-19(14)22-16(3)26)21(27)23-20-11-15(2)25(24-20)13-17-7-5-4-6-8-17/h4-10,12,15H,11,13H2,1-3H3,(H,22,26)(H,23,24,27). The molecule has 2 aromatic rings. The summed E-state index contributed by atoms with van der Waals surface area (Å²) in [5.74, 6) is 0.264. The van der Waals surface area contributed by atoms with Crippen molar-refractivity contribution in [2.45, 2.75) is 39.8 Å². The molecule has 0 saturated carbocycles. The van der Waals surface area contributed by atoms with Gasteiger partial charge in [0, 0.05) is 24.6 Å². The Labute approximate surface area is 159 Å². The highest BCUT2D eigenvalue weighted by Crippen LogP contribution is 2.19. The van der Waals surface area contributed by atoms with E-state index in [1.165, 1.54) is 12.5 Å². The molecule has 0 saturated heterocycles. The highest BCUT2D eigenvalue weighted by Gasteiger charge is 2.24. The maximum atomic E-state index is 12.6.